The topological polar surface area (TPSA) is 21.3 Å². The van der Waals surface area contributed by atoms with Gasteiger partial charge in [0.15, 0.2) is 0 Å². The number of benzene rings is 1. The minimum atomic E-state index is 0.613. The summed E-state index contributed by atoms with van der Waals surface area (Å²) in [6.07, 6.45) is 0.750. The molecule has 0 aliphatic carbocycles. The second-order valence-corrected chi connectivity index (χ2v) is 3.99. The van der Waals surface area contributed by atoms with Crippen molar-refractivity contribution in [1.29, 1.82) is 0 Å². The van der Waals surface area contributed by atoms with Crippen LogP contribution in [0.2, 0.25) is 5.02 Å². The zero-order valence-corrected chi connectivity index (χ0v) is 11.1. The molecule has 0 radical (unpaired) electrons. The first-order chi connectivity index (χ1) is 8.27. The molecule has 0 heterocycles. The van der Waals surface area contributed by atoms with Crippen LogP contribution < -0.4 is 10.1 Å². The quantitative estimate of drug-likeness (QED) is 0.619. The largest absolute Gasteiger partial charge is 0.492 e. The van der Waals surface area contributed by atoms with Crippen LogP contribution in [-0.4, -0.2) is 13.2 Å². The van der Waals surface area contributed by atoms with E-state index in [4.69, 9.17) is 16.3 Å². The van der Waals surface area contributed by atoms with Gasteiger partial charge in [-0.3, -0.25) is 0 Å². The van der Waals surface area contributed by atoms with E-state index in [2.05, 4.69) is 24.1 Å². The van der Waals surface area contributed by atoms with Crippen molar-refractivity contribution >= 4 is 11.6 Å². The maximum Gasteiger partial charge on any atom is 0.123 e. The average molecular weight is 252 g/mol. The predicted octanol–water partition coefficient (Wildman–Crippen LogP) is 3.24. The van der Waals surface area contributed by atoms with Crippen LogP contribution in [0, 0.1) is 11.8 Å². The highest BCUT2D eigenvalue weighted by molar-refractivity contribution is 6.30. The van der Waals surface area contributed by atoms with E-state index < -0.39 is 0 Å². The molecule has 1 rings (SSSR count). The molecule has 1 aromatic carbocycles. The van der Waals surface area contributed by atoms with Gasteiger partial charge in [0, 0.05) is 23.6 Å². The zero-order chi connectivity index (χ0) is 12.5. The number of hydrogen-bond donors (Lipinski definition) is 1. The molecule has 1 N–H and O–H groups in total. The van der Waals surface area contributed by atoms with E-state index >= 15 is 0 Å². The smallest absolute Gasteiger partial charge is 0.123 e. The molecule has 2 nitrogen and oxygen atoms in total. The van der Waals surface area contributed by atoms with Crippen molar-refractivity contribution in [2.24, 2.45) is 0 Å². The normalized spacial score (nSPS) is 9.59. The van der Waals surface area contributed by atoms with Crippen LogP contribution >= 0.6 is 11.6 Å². The van der Waals surface area contributed by atoms with E-state index in [0.29, 0.717) is 6.61 Å². The highest BCUT2D eigenvalue weighted by atomic mass is 35.5. The molecule has 0 saturated carbocycles. The summed E-state index contributed by atoms with van der Waals surface area (Å²) in [4.78, 5) is 0. The Hall–Kier alpha value is -1.17. The number of nitrogens with one attached hydrogen (secondary N) is 1. The van der Waals surface area contributed by atoms with E-state index in [-0.39, 0.29) is 0 Å². The molecule has 0 amide bonds. The Morgan fingerprint density at radius 3 is 2.94 bits per heavy atom. The SMILES string of the molecule is CC#CCCOc1ccc(Cl)cc1CNCC. The van der Waals surface area contributed by atoms with Crippen molar-refractivity contribution in [1.82, 2.24) is 5.32 Å². The number of hydrogen-bond acceptors (Lipinski definition) is 2. The van der Waals surface area contributed by atoms with Gasteiger partial charge in [0.1, 0.15) is 5.75 Å². The first kappa shape index (κ1) is 13.9. The van der Waals surface area contributed by atoms with Crippen LogP contribution in [0.4, 0.5) is 0 Å². The number of ether oxygens (including phenoxy) is 1. The second kappa shape index (κ2) is 8.00. The van der Waals surface area contributed by atoms with E-state index in [1.807, 2.05) is 25.1 Å². The average Bonchev–Trinajstić information content (AvgIpc) is 2.34. The van der Waals surface area contributed by atoms with E-state index in [1.54, 1.807) is 0 Å². The zero-order valence-electron chi connectivity index (χ0n) is 10.3. The molecule has 1 aromatic rings. The van der Waals surface area contributed by atoms with E-state index in [1.165, 1.54) is 0 Å². The molecule has 0 saturated heterocycles. The Kier molecular flexibility index (Phi) is 6.54. The third-order valence-corrected chi connectivity index (χ3v) is 2.48. The van der Waals surface area contributed by atoms with Gasteiger partial charge in [-0.1, -0.05) is 18.5 Å². The molecule has 17 heavy (non-hydrogen) atoms. The highest BCUT2D eigenvalue weighted by Crippen LogP contribution is 2.22. The lowest BCUT2D eigenvalue weighted by atomic mass is 10.2. The van der Waals surface area contributed by atoms with Crippen LogP contribution in [0.1, 0.15) is 25.8 Å². The lowest BCUT2D eigenvalue weighted by Gasteiger charge is -2.11. The molecule has 0 fully saturated rings. The van der Waals surface area contributed by atoms with Crippen molar-refractivity contribution in [3.05, 3.63) is 28.8 Å². The van der Waals surface area contributed by atoms with Gasteiger partial charge in [0.2, 0.25) is 0 Å². The van der Waals surface area contributed by atoms with Crippen molar-refractivity contribution in [2.45, 2.75) is 26.8 Å². The molecule has 0 aliphatic rings. The Bertz CT molecular complexity index is 406. The van der Waals surface area contributed by atoms with Crippen LogP contribution in [0.15, 0.2) is 18.2 Å². The fourth-order valence-corrected chi connectivity index (χ4v) is 1.62. The fraction of sp³-hybridized carbons (Fsp3) is 0.429. The highest BCUT2D eigenvalue weighted by Gasteiger charge is 2.03. The maximum atomic E-state index is 5.97. The third kappa shape index (κ3) is 5.12. The molecule has 0 aromatic heterocycles. The summed E-state index contributed by atoms with van der Waals surface area (Å²) in [5.74, 6) is 6.71. The first-order valence-corrected chi connectivity index (χ1v) is 6.17. The van der Waals surface area contributed by atoms with Gasteiger partial charge in [0.25, 0.3) is 0 Å². The van der Waals surface area contributed by atoms with Crippen molar-refractivity contribution < 1.29 is 4.74 Å². The van der Waals surface area contributed by atoms with Crippen LogP contribution in [0.25, 0.3) is 0 Å². The fourth-order valence-electron chi connectivity index (χ4n) is 1.42. The lowest BCUT2D eigenvalue weighted by Crippen LogP contribution is -2.13. The van der Waals surface area contributed by atoms with E-state index in [0.717, 1.165) is 35.8 Å². The number of rotatable bonds is 6. The van der Waals surface area contributed by atoms with Gasteiger partial charge in [-0.15, -0.1) is 11.8 Å². The summed E-state index contributed by atoms with van der Waals surface area (Å²) in [5.41, 5.74) is 1.09. The van der Waals surface area contributed by atoms with Gasteiger partial charge in [-0.05, 0) is 31.7 Å². The molecule has 3 heteroatoms. The second-order valence-electron chi connectivity index (χ2n) is 3.56. The lowest BCUT2D eigenvalue weighted by molar-refractivity contribution is 0.323. The predicted molar refractivity (Wildman–Crippen MR) is 72.4 cm³/mol. The standard InChI is InChI=1S/C14H18ClNO/c1-3-5-6-9-17-14-8-7-13(15)10-12(14)11-16-4-2/h7-8,10,16H,4,6,9,11H2,1-2H3. The summed E-state index contributed by atoms with van der Waals surface area (Å²) in [7, 11) is 0. The Labute approximate surface area is 108 Å². The van der Waals surface area contributed by atoms with Gasteiger partial charge < -0.3 is 10.1 Å². The van der Waals surface area contributed by atoms with Crippen molar-refractivity contribution in [3.63, 3.8) is 0 Å². The van der Waals surface area contributed by atoms with Gasteiger partial charge in [-0.25, -0.2) is 0 Å². The molecule has 92 valence electrons. The van der Waals surface area contributed by atoms with Crippen LogP contribution in [0.5, 0.6) is 5.75 Å². The molecular weight excluding hydrogens is 234 g/mol. The molecule has 0 spiro atoms. The third-order valence-electron chi connectivity index (χ3n) is 2.25. The first-order valence-electron chi connectivity index (χ1n) is 5.79. The van der Waals surface area contributed by atoms with Crippen LogP contribution in [0.3, 0.4) is 0 Å². The summed E-state index contributed by atoms with van der Waals surface area (Å²) in [5, 5.41) is 4.00. The molecular formula is C14H18ClNO. The molecule has 0 atom stereocenters. The summed E-state index contributed by atoms with van der Waals surface area (Å²) in [6, 6.07) is 5.69. The van der Waals surface area contributed by atoms with Crippen molar-refractivity contribution in [2.75, 3.05) is 13.2 Å². The van der Waals surface area contributed by atoms with Gasteiger partial charge >= 0.3 is 0 Å². The molecule has 0 unspecified atom stereocenters. The Balaban J connectivity index is 2.63. The summed E-state index contributed by atoms with van der Waals surface area (Å²) < 4.78 is 5.69. The van der Waals surface area contributed by atoms with Gasteiger partial charge in [0.05, 0.1) is 6.61 Å². The summed E-state index contributed by atoms with van der Waals surface area (Å²) >= 11 is 5.97. The van der Waals surface area contributed by atoms with E-state index in [9.17, 15) is 0 Å². The Morgan fingerprint density at radius 1 is 1.41 bits per heavy atom. The number of halogens is 1. The van der Waals surface area contributed by atoms with Gasteiger partial charge in [-0.2, -0.15) is 0 Å². The minimum Gasteiger partial charge on any atom is -0.492 e. The van der Waals surface area contributed by atoms with Crippen molar-refractivity contribution in [3.8, 4) is 17.6 Å². The molecule has 0 aliphatic heterocycles. The Morgan fingerprint density at radius 2 is 2.24 bits per heavy atom. The molecule has 0 bridgehead atoms. The maximum absolute atomic E-state index is 5.97. The van der Waals surface area contributed by atoms with Crippen LogP contribution in [-0.2, 0) is 6.54 Å². The minimum absolute atomic E-state index is 0.613. The summed E-state index contributed by atoms with van der Waals surface area (Å²) in [6.45, 7) is 6.21. The monoisotopic (exact) mass is 251 g/mol.